The summed E-state index contributed by atoms with van der Waals surface area (Å²) in [6.45, 7) is 1.37. The first-order chi connectivity index (χ1) is 14.5. The van der Waals surface area contributed by atoms with Gasteiger partial charge < -0.3 is 19.0 Å². The number of furan rings is 1. The van der Waals surface area contributed by atoms with Crippen LogP contribution in [0.4, 0.5) is 4.39 Å². The number of carbonyl (C=O) groups excluding carboxylic acids is 2. The fourth-order valence-corrected chi connectivity index (χ4v) is 2.88. The second-order valence-corrected chi connectivity index (χ2v) is 6.44. The van der Waals surface area contributed by atoms with Gasteiger partial charge in [0.05, 0.1) is 35.1 Å². The van der Waals surface area contributed by atoms with Crippen molar-refractivity contribution in [2.24, 2.45) is 0 Å². The van der Waals surface area contributed by atoms with Gasteiger partial charge in [-0.2, -0.15) is 0 Å². The molecule has 3 heterocycles. The van der Waals surface area contributed by atoms with E-state index < -0.39 is 24.3 Å². The van der Waals surface area contributed by atoms with E-state index in [-0.39, 0.29) is 17.8 Å². The maximum absolute atomic E-state index is 13.2. The standard InChI is InChI=1S/C21H16FN3O5/c1-12-19-16(21(27)29-11-18(26)23-10-15-3-2-8-28-15)9-17(24-20(19)30-25-12)13-4-6-14(22)7-5-13/h2-9H,10-11H2,1H3,(H,23,26). The van der Waals surface area contributed by atoms with Gasteiger partial charge in [0.1, 0.15) is 11.6 Å². The predicted molar refractivity (Wildman–Crippen MR) is 103 cm³/mol. The highest BCUT2D eigenvalue weighted by molar-refractivity contribution is 6.04. The van der Waals surface area contributed by atoms with E-state index in [4.69, 9.17) is 13.7 Å². The molecule has 152 valence electrons. The van der Waals surface area contributed by atoms with Crippen molar-refractivity contribution in [1.29, 1.82) is 0 Å². The number of hydrogen-bond acceptors (Lipinski definition) is 7. The van der Waals surface area contributed by atoms with Crippen LogP contribution in [0.15, 0.2) is 57.7 Å². The molecule has 1 N–H and O–H groups in total. The van der Waals surface area contributed by atoms with Gasteiger partial charge in [-0.05, 0) is 49.4 Å². The van der Waals surface area contributed by atoms with Crippen molar-refractivity contribution in [3.8, 4) is 11.3 Å². The van der Waals surface area contributed by atoms with Gasteiger partial charge in [0.15, 0.2) is 6.61 Å². The van der Waals surface area contributed by atoms with Crippen LogP contribution < -0.4 is 5.32 Å². The highest BCUT2D eigenvalue weighted by atomic mass is 19.1. The summed E-state index contributed by atoms with van der Waals surface area (Å²) in [5.41, 5.74) is 1.71. The molecular formula is C21H16FN3O5. The van der Waals surface area contributed by atoms with Gasteiger partial charge in [-0.3, -0.25) is 4.79 Å². The van der Waals surface area contributed by atoms with Crippen LogP contribution in [0.2, 0.25) is 0 Å². The van der Waals surface area contributed by atoms with Gasteiger partial charge in [-0.25, -0.2) is 14.2 Å². The average Bonchev–Trinajstić information content (AvgIpc) is 3.40. The molecule has 8 nitrogen and oxygen atoms in total. The Morgan fingerprint density at radius 2 is 2.00 bits per heavy atom. The zero-order valence-corrected chi connectivity index (χ0v) is 15.8. The quantitative estimate of drug-likeness (QED) is 0.486. The molecule has 1 amide bonds. The molecule has 4 rings (SSSR count). The molecule has 4 aromatic rings. The number of carbonyl (C=O) groups is 2. The second kappa shape index (κ2) is 8.16. The van der Waals surface area contributed by atoms with E-state index in [1.807, 2.05) is 0 Å². The molecule has 0 fully saturated rings. The third kappa shape index (κ3) is 4.04. The number of ether oxygens (including phenoxy) is 1. The first-order valence-electron chi connectivity index (χ1n) is 9.00. The van der Waals surface area contributed by atoms with Crippen molar-refractivity contribution in [1.82, 2.24) is 15.5 Å². The third-order valence-electron chi connectivity index (χ3n) is 4.35. The fraction of sp³-hybridized carbons (Fsp3) is 0.143. The summed E-state index contributed by atoms with van der Waals surface area (Å²) in [6, 6.07) is 10.6. The lowest BCUT2D eigenvalue weighted by Crippen LogP contribution is -2.28. The molecule has 0 unspecified atom stereocenters. The van der Waals surface area contributed by atoms with E-state index in [0.717, 1.165) is 0 Å². The van der Waals surface area contributed by atoms with E-state index in [9.17, 15) is 14.0 Å². The summed E-state index contributed by atoms with van der Waals surface area (Å²) in [5.74, 6) is -1.03. The summed E-state index contributed by atoms with van der Waals surface area (Å²) < 4.78 is 28.7. The number of fused-ring (bicyclic) bond motifs is 1. The fourth-order valence-electron chi connectivity index (χ4n) is 2.88. The van der Waals surface area contributed by atoms with Crippen LogP contribution in [0.25, 0.3) is 22.4 Å². The molecule has 0 aliphatic heterocycles. The van der Waals surface area contributed by atoms with Crippen LogP contribution in [-0.4, -0.2) is 28.6 Å². The van der Waals surface area contributed by atoms with Crippen molar-refractivity contribution >= 4 is 23.0 Å². The summed E-state index contributed by atoms with van der Waals surface area (Å²) in [4.78, 5) is 29.0. The smallest absolute Gasteiger partial charge is 0.339 e. The minimum Gasteiger partial charge on any atom is -0.467 e. The Balaban J connectivity index is 1.54. The molecule has 0 saturated heterocycles. The van der Waals surface area contributed by atoms with Gasteiger partial charge in [-0.15, -0.1) is 0 Å². The van der Waals surface area contributed by atoms with E-state index in [1.54, 1.807) is 19.1 Å². The van der Waals surface area contributed by atoms with Crippen LogP contribution in [0.5, 0.6) is 0 Å². The first-order valence-corrected chi connectivity index (χ1v) is 9.00. The summed E-state index contributed by atoms with van der Waals surface area (Å²) >= 11 is 0. The number of nitrogens with one attached hydrogen (secondary N) is 1. The molecule has 3 aromatic heterocycles. The van der Waals surface area contributed by atoms with E-state index in [2.05, 4.69) is 15.5 Å². The zero-order chi connectivity index (χ0) is 21.1. The predicted octanol–water partition coefficient (Wildman–Crippen LogP) is 3.40. The average molecular weight is 409 g/mol. The van der Waals surface area contributed by atoms with Crippen LogP contribution in [0.1, 0.15) is 21.8 Å². The summed E-state index contributed by atoms with van der Waals surface area (Å²) in [5, 5.41) is 6.83. The number of halogens is 1. The Kier molecular flexibility index (Phi) is 5.25. The van der Waals surface area contributed by atoms with Gasteiger partial charge in [0.2, 0.25) is 0 Å². The number of amides is 1. The molecular weight excluding hydrogens is 393 g/mol. The van der Waals surface area contributed by atoms with Crippen LogP contribution in [0.3, 0.4) is 0 Å². The van der Waals surface area contributed by atoms with Crippen LogP contribution >= 0.6 is 0 Å². The first kappa shape index (κ1) is 19.3. The van der Waals surface area contributed by atoms with Gasteiger partial charge >= 0.3 is 5.97 Å². The number of aromatic nitrogens is 2. The molecule has 0 atom stereocenters. The van der Waals surface area contributed by atoms with Crippen molar-refractivity contribution in [2.75, 3.05) is 6.61 Å². The molecule has 0 spiro atoms. The number of esters is 1. The Morgan fingerprint density at radius 3 is 2.73 bits per heavy atom. The number of nitrogens with zero attached hydrogens (tertiary/aromatic N) is 2. The third-order valence-corrected chi connectivity index (χ3v) is 4.35. The van der Waals surface area contributed by atoms with Gasteiger partial charge in [0.25, 0.3) is 11.6 Å². The largest absolute Gasteiger partial charge is 0.467 e. The molecule has 30 heavy (non-hydrogen) atoms. The number of pyridine rings is 1. The minimum atomic E-state index is -0.731. The second-order valence-electron chi connectivity index (χ2n) is 6.44. The molecule has 0 aliphatic carbocycles. The monoisotopic (exact) mass is 409 g/mol. The van der Waals surface area contributed by atoms with Gasteiger partial charge in [0, 0.05) is 5.56 Å². The Hall–Kier alpha value is -4.01. The maximum Gasteiger partial charge on any atom is 0.339 e. The van der Waals surface area contributed by atoms with Crippen LogP contribution in [-0.2, 0) is 16.1 Å². The minimum absolute atomic E-state index is 0.142. The normalized spacial score (nSPS) is 10.9. The summed E-state index contributed by atoms with van der Waals surface area (Å²) in [6.07, 6.45) is 1.50. The molecule has 1 aromatic carbocycles. The number of aryl methyl sites for hydroxylation is 1. The summed E-state index contributed by atoms with van der Waals surface area (Å²) in [7, 11) is 0. The zero-order valence-electron chi connectivity index (χ0n) is 15.8. The van der Waals surface area contributed by atoms with Crippen LogP contribution in [0, 0.1) is 12.7 Å². The van der Waals surface area contributed by atoms with Crippen molar-refractivity contribution in [3.05, 3.63) is 71.6 Å². The van der Waals surface area contributed by atoms with Crippen molar-refractivity contribution in [2.45, 2.75) is 13.5 Å². The SMILES string of the molecule is Cc1noc2nc(-c3ccc(F)cc3)cc(C(=O)OCC(=O)NCc3ccco3)c12. The maximum atomic E-state index is 13.2. The number of benzene rings is 1. The highest BCUT2D eigenvalue weighted by Crippen LogP contribution is 2.27. The van der Waals surface area contributed by atoms with Crippen molar-refractivity contribution < 1.29 is 27.7 Å². The Morgan fingerprint density at radius 1 is 1.20 bits per heavy atom. The topological polar surface area (TPSA) is 107 Å². The van der Waals surface area contributed by atoms with E-state index in [1.165, 1.54) is 36.6 Å². The lowest BCUT2D eigenvalue weighted by Gasteiger charge is -2.08. The molecule has 0 saturated carbocycles. The lowest BCUT2D eigenvalue weighted by atomic mass is 10.1. The Bertz CT molecular complexity index is 1200. The highest BCUT2D eigenvalue weighted by Gasteiger charge is 2.21. The number of hydrogen-bond donors (Lipinski definition) is 1. The van der Waals surface area contributed by atoms with Crippen molar-refractivity contribution in [3.63, 3.8) is 0 Å². The molecule has 0 radical (unpaired) electrons. The Labute approximate surface area is 169 Å². The molecule has 0 aliphatic rings. The lowest BCUT2D eigenvalue weighted by molar-refractivity contribution is -0.124. The molecule has 9 heteroatoms. The molecule has 0 bridgehead atoms. The van der Waals surface area contributed by atoms with E-state index in [0.29, 0.717) is 28.1 Å². The van der Waals surface area contributed by atoms with E-state index >= 15 is 0 Å². The van der Waals surface area contributed by atoms with Gasteiger partial charge in [-0.1, -0.05) is 5.16 Å². The number of rotatable bonds is 6.